The molecule has 9 nitrogen and oxygen atoms in total. The Kier molecular flexibility index (Phi) is 5.49. The molecule has 3 aromatic heterocycles. The van der Waals surface area contributed by atoms with E-state index in [1.807, 2.05) is 0 Å². The van der Waals surface area contributed by atoms with Gasteiger partial charge in [-0.1, -0.05) is 0 Å². The van der Waals surface area contributed by atoms with Crippen LogP contribution in [0.4, 0.5) is 0 Å². The zero-order chi connectivity index (χ0) is 18.1. The highest BCUT2D eigenvalue weighted by Crippen LogP contribution is 2.35. The van der Waals surface area contributed by atoms with Crippen LogP contribution in [0.5, 0.6) is 0 Å². The first-order valence-corrected chi connectivity index (χ1v) is 10.8. The van der Waals surface area contributed by atoms with Crippen molar-refractivity contribution < 1.29 is 39.5 Å². The first kappa shape index (κ1) is 18.4. The third kappa shape index (κ3) is 3.90. The molecule has 0 N–H and O–H groups in total. The molecule has 0 spiro atoms. The molecule has 0 aliphatic heterocycles. The molecule has 3 heterocycles. The Balaban J connectivity index is 2.10. The second-order valence-electron chi connectivity index (χ2n) is 4.32. The van der Waals surface area contributed by atoms with Gasteiger partial charge in [0.2, 0.25) is 0 Å². The number of hydrogen-bond acceptors (Lipinski definition) is 9. The van der Waals surface area contributed by atoms with E-state index < -0.39 is 41.2 Å². The standard InChI is InChI=1S/C12H9O9PS3/c13-23(14)10-4-1-7(19-10)22(8-2-5-11(20-8)24(15)16)9-3-6-12(21-9)25(17)18/h1-6H,(H,13,14)(H,15,16)(H,17,18)/p-3. The van der Waals surface area contributed by atoms with Gasteiger partial charge in [-0.25, -0.2) is 0 Å². The SMILES string of the molecule is O=S([O-])c1ccc(P(c2ccc(S(=O)[O-])o2)c2ccc(S(=O)[O-])o2)o1. The first-order valence-electron chi connectivity index (χ1n) is 6.24. The molecule has 0 aliphatic rings. The van der Waals surface area contributed by atoms with E-state index in [2.05, 4.69) is 0 Å². The Hall–Kier alpha value is -1.40. The van der Waals surface area contributed by atoms with Crippen LogP contribution in [0.1, 0.15) is 0 Å². The molecule has 0 aromatic carbocycles. The quantitative estimate of drug-likeness (QED) is 0.392. The average molecular weight is 421 g/mol. The molecule has 0 fully saturated rings. The normalized spacial score (nSPS) is 16.4. The van der Waals surface area contributed by atoms with E-state index in [1.54, 1.807) is 0 Å². The van der Waals surface area contributed by atoms with Crippen LogP contribution < -0.4 is 16.5 Å². The van der Waals surface area contributed by atoms with Crippen molar-refractivity contribution in [3.63, 3.8) is 0 Å². The summed E-state index contributed by atoms with van der Waals surface area (Å²) in [6.45, 7) is 0. The molecule has 0 aliphatic carbocycles. The van der Waals surface area contributed by atoms with Crippen LogP contribution in [0, 0.1) is 0 Å². The van der Waals surface area contributed by atoms with Crippen molar-refractivity contribution in [1.82, 2.24) is 0 Å². The monoisotopic (exact) mass is 421 g/mol. The van der Waals surface area contributed by atoms with Crippen molar-refractivity contribution in [2.24, 2.45) is 0 Å². The second kappa shape index (κ2) is 7.46. The lowest BCUT2D eigenvalue weighted by atomic mass is 10.7. The maximum Gasteiger partial charge on any atom is 0.177 e. The van der Waals surface area contributed by atoms with Gasteiger partial charge in [-0.15, -0.1) is 0 Å². The van der Waals surface area contributed by atoms with Crippen LogP contribution in [0.2, 0.25) is 0 Å². The summed E-state index contributed by atoms with van der Waals surface area (Å²) < 4.78 is 81.7. The fourth-order valence-corrected chi connectivity index (χ4v) is 4.97. The second-order valence-corrected chi connectivity index (χ2v) is 8.93. The Morgan fingerprint density at radius 2 is 0.880 bits per heavy atom. The molecule has 0 amide bonds. The van der Waals surface area contributed by atoms with Gasteiger partial charge in [0.1, 0.15) is 24.4 Å². The van der Waals surface area contributed by atoms with Crippen molar-refractivity contribution in [3.8, 4) is 0 Å². The Morgan fingerprint density at radius 3 is 1.08 bits per heavy atom. The Morgan fingerprint density at radius 1 is 0.600 bits per heavy atom. The minimum absolute atomic E-state index is 0.129. The van der Waals surface area contributed by atoms with Crippen LogP contribution in [-0.2, 0) is 33.2 Å². The molecule has 13 heteroatoms. The van der Waals surface area contributed by atoms with Gasteiger partial charge in [-0.2, -0.15) is 0 Å². The molecule has 3 atom stereocenters. The summed E-state index contributed by atoms with van der Waals surface area (Å²) in [6, 6.07) is 7.72. The fraction of sp³-hybridized carbons (Fsp3) is 0. The van der Waals surface area contributed by atoms with E-state index in [4.69, 9.17) is 13.3 Å². The van der Waals surface area contributed by atoms with Gasteiger partial charge < -0.3 is 26.9 Å². The molecule has 25 heavy (non-hydrogen) atoms. The molecular formula is C12H6O9PS3-3. The van der Waals surface area contributed by atoms with Crippen LogP contribution in [0.3, 0.4) is 0 Å². The van der Waals surface area contributed by atoms with Crippen molar-refractivity contribution in [2.45, 2.75) is 15.3 Å². The summed E-state index contributed by atoms with van der Waals surface area (Å²) in [5.74, 6) is 0. The smallest absolute Gasteiger partial charge is 0.177 e. The highest BCUT2D eigenvalue weighted by Gasteiger charge is 2.27. The summed E-state index contributed by atoms with van der Waals surface area (Å²) in [6.07, 6.45) is 0. The van der Waals surface area contributed by atoms with Gasteiger partial charge >= 0.3 is 0 Å². The highest BCUT2D eigenvalue weighted by atomic mass is 32.2. The summed E-state index contributed by atoms with van der Waals surface area (Å²) in [5, 5.41) is -0.998. The third-order valence-corrected chi connectivity index (χ3v) is 6.54. The lowest BCUT2D eigenvalue weighted by Crippen LogP contribution is -2.17. The van der Waals surface area contributed by atoms with Gasteiger partial charge in [0.05, 0.1) is 0 Å². The van der Waals surface area contributed by atoms with E-state index in [1.165, 1.54) is 36.4 Å². The van der Waals surface area contributed by atoms with Gasteiger partial charge in [0.15, 0.2) is 15.3 Å². The van der Waals surface area contributed by atoms with Crippen molar-refractivity contribution >= 4 is 57.7 Å². The highest BCUT2D eigenvalue weighted by molar-refractivity contribution is 7.80. The summed E-state index contributed by atoms with van der Waals surface area (Å²) in [5.41, 5.74) is 0.387. The Bertz CT molecular complexity index is 848. The predicted molar refractivity (Wildman–Crippen MR) is 83.5 cm³/mol. The minimum atomic E-state index is -2.61. The van der Waals surface area contributed by atoms with E-state index in [0.717, 1.165) is 0 Å². The molecule has 3 aromatic rings. The molecule has 0 bridgehead atoms. The molecule has 3 rings (SSSR count). The predicted octanol–water partition coefficient (Wildman–Crippen LogP) is -0.0622. The first-order chi connectivity index (χ1) is 11.9. The minimum Gasteiger partial charge on any atom is -0.766 e. The molecule has 0 radical (unpaired) electrons. The van der Waals surface area contributed by atoms with Crippen molar-refractivity contribution in [1.29, 1.82) is 0 Å². The largest absolute Gasteiger partial charge is 0.766 e. The number of furan rings is 3. The summed E-state index contributed by atoms with van der Waals surface area (Å²) in [7, 11) is -1.78. The molecule has 0 saturated carbocycles. The van der Waals surface area contributed by atoms with Crippen molar-refractivity contribution in [3.05, 3.63) is 36.4 Å². The summed E-state index contributed by atoms with van der Waals surface area (Å²) in [4.78, 5) is 0. The molecule has 0 saturated heterocycles. The maximum atomic E-state index is 11.0. The van der Waals surface area contributed by atoms with E-state index in [0.29, 0.717) is 0 Å². The van der Waals surface area contributed by atoms with Crippen molar-refractivity contribution in [2.75, 3.05) is 0 Å². The zero-order valence-electron chi connectivity index (χ0n) is 11.8. The maximum absolute atomic E-state index is 11.0. The number of rotatable bonds is 6. The van der Waals surface area contributed by atoms with E-state index in [9.17, 15) is 26.3 Å². The van der Waals surface area contributed by atoms with Crippen LogP contribution in [-0.4, -0.2) is 26.3 Å². The van der Waals surface area contributed by atoms with Gasteiger partial charge in [0.25, 0.3) is 0 Å². The van der Waals surface area contributed by atoms with Crippen LogP contribution in [0.15, 0.2) is 64.9 Å². The summed E-state index contributed by atoms with van der Waals surface area (Å²) >= 11 is -7.82. The topological polar surface area (TPSA) is 160 Å². The molecular weight excluding hydrogens is 415 g/mol. The molecule has 134 valence electrons. The number of hydrogen-bond donors (Lipinski definition) is 0. The zero-order valence-corrected chi connectivity index (χ0v) is 15.2. The molecule has 3 unspecified atom stereocenters. The van der Waals surface area contributed by atoms with Gasteiger partial charge in [-0.3, -0.25) is 12.6 Å². The lowest BCUT2D eigenvalue weighted by molar-refractivity contribution is 0.444. The van der Waals surface area contributed by atoms with E-state index in [-0.39, 0.29) is 31.8 Å². The van der Waals surface area contributed by atoms with E-state index >= 15 is 0 Å². The third-order valence-electron chi connectivity index (χ3n) is 2.86. The lowest BCUT2D eigenvalue weighted by Gasteiger charge is -2.10. The van der Waals surface area contributed by atoms with Crippen LogP contribution >= 0.6 is 7.92 Å². The van der Waals surface area contributed by atoms with Gasteiger partial charge in [-0.05, 0) is 36.4 Å². The average Bonchev–Trinajstić information content (AvgIpc) is 3.28. The fourth-order valence-electron chi connectivity index (χ4n) is 1.89. The Labute approximate surface area is 149 Å². The van der Waals surface area contributed by atoms with Gasteiger partial charge in [0, 0.05) is 33.2 Å². The van der Waals surface area contributed by atoms with Crippen LogP contribution in [0.25, 0.3) is 0 Å².